The third-order valence-electron chi connectivity index (χ3n) is 2.92. The highest BCUT2D eigenvalue weighted by atomic mass is 79.9. The van der Waals surface area contributed by atoms with E-state index < -0.39 is 11.7 Å². The summed E-state index contributed by atoms with van der Waals surface area (Å²) in [6, 6.07) is 3.55. The van der Waals surface area contributed by atoms with Crippen molar-refractivity contribution < 1.29 is 19.1 Å². The third kappa shape index (κ3) is 5.47. The molecule has 0 aliphatic carbocycles. The summed E-state index contributed by atoms with van der Waals surface area (Å²) >= 11 is 3.30. The zero-order valence-corrected chi connectivity index (χ0v) is 14.9. The predicted molar refractivity (Wildman–Crippen MR) is 88.3 cm³/mol. The number of nitrogens with one attached hydrogen (secondary N) is 1. The van der Waals surface area contributed by atoms with Crippen molar-refractivity contribution in [1.29, 1.82) is 0 Å². The van der Waals surface area contributed by atoms with Crippen LogP contribution in [0, 0.1) is 0 Å². The van der Waals surface area contributed by atoms with Gasteiger partial charge in [0.15, 0.2) is 0 Å². The largest absolute Gasteiger partial charge is 0.459 e. The normalized spacial score (nSPS) is 18.0. The van der Waals surface area contributed by atoms with Crippen LogP contribution >= 0.6 is 15.9 Å². The molecule has 126 valence electrons. The van der Waals surface area contributed by atoms with Crippen molar-refractivity contribution in [3.63, 3.8) is 0 Å². The molecule has 1 aromatic heterocycles. The Labute approximate surface area is 143 Å². The van der Waals surface area contributed by atoms with E-state index in [-0.39, 0.29) is 18.6 Å². The Hall–Kier alpha value is -1.67. The molecule has 1 aliphatic heterocycles. The number of halogens is 1. The molecule has 0 aromatic carbocycles. The smallest absolute Gasteiger partial charge is 0.415 e. The zero-order chi connectivity index (χ0) is 17.0. The van der Waals surface area contributed by atoms with Crippen LogP contribution in [0.15, 0.2) is 22.8 Å². The summed E-state index contributed by atoms with van der Waals surface area (Å²) in [5.74, 6) is 0.195. The molecule has 1 N–H and O–H groups in total. The molecular formula is C15H20BrN3O4. The minimum atomic E-state index is -0.511. The van der Waals surface area contributed by atoms with Crippen molar-refractivity contribution in [2.45, 2.75) is 32.5 Å². The Morgan fingerprint density at radius 1 is 1.52 bits per heavy atom. The number of hydrogen-bond donors (Lipinski definition) is 1. The maximum absolute atomic E-state index is 11.9. The number of amides is 1. The lowest BCUT2D eigenvalue weighted by atomic mass is 10.2. The Balaban J connectivity index is 1.79. The van der Waals surface area contributed by atoms with E-state index in [1.54, 1.807) is 12.3 Å². The molecular weight excluding hydrogens is 366 g/mol. The molecule has 0 radical (unpaired) electrons. The number of carbonyl (C=O) groups excluding carboxylic acids is 2. The lowest BCUT2D eigenvalue weighted by molar-refractivity contribution is -0.153. The van der Waals surface area contributed by atoms with Crippen LogP contribution in [-0.4, -0.2) is 48.4 Å². The van der Waals surface area contributed by atoms with Gasteiger partial charge in [-0.3, -0.25) is 9.69 Å². The second kappa shape index (κ2) is 7.27. The standard InChI is InChI=1S/C15H20BrN3O4/c1-15(2,3)23-13(20)8-17-7-11-9-19(14(21)22-11)12-5-4-10(16)6-18-12/h4-6,11,17H,7-9H2,1-3H3/t11-/m0/s1. The molecule has 2 rings (SSSR count). The Morgan fingerprint density at radius 3 is 2.87 bits per heavy atom. The van der Waals surface area contributed by atoms with E-state index in [2.05, 4.69) is 26.2 Å². The van der Waals surface area contributed by atoms with Crippen molar-refractivity contribution >= 4 is 33.8 Å². The van der Waals surface area contributed by atoms with Gasteiger partial charge in [-0.25, -0.2) is 9.78 Å². The zero-order valence-electron chi connectivity index (χ0n) is 13.3. The summed E-state index contributed by atoms with van der Waals surface area (Å²) in [5, 5.41) is 2.95. The Bertz CT molecular complexity index is 571. The summed E-state index contributed by atoms with van der Waals surface area (Å²) in [6.45, 7) is 6.26. The number of cyclic esters (lactones) is 1. The number of aromatic nitrogens is 1. The van der Waals surface area contributed by atoms with Gasteiger partial charge in [-0.05, 0) is 48.8 Å². The van der Waals surface area contributed by atoms with Gasteiger partial charge in [0.2, 0.25) is 0 Å². The predicted octanol–water partition coefficient (Wildman–Crippen LogP) is 2.10. The molecule has 23 heavy (non-hydrogen) atoms. The summed E-state index contributed by atoms with van der Waals surface area (Å²) in [4.78, 5) is 29.1. The molecule has 7 nitrogen and oxygen atoms in total. The van der Waals surface area contributed by atoms with Crippen LogP contribution in [0.5, 0.6) is 0 Å². The first-order valence-corrected chi connectivity index (χ1v) is 8.06. The first-order chi connectivity index (χ1) is 10.7. The molecule has 1 amide bonds. The number of nitrogens with zero attached hydrogens (tertiary/aromatic N) is 2. The highest BCUT2D eigenvalue weighted by molar-refractivity contribution is 9.10. The number of ether oxygens (including phenoxy) is 2. The molecule has 0 unspecified atom stereocenters. The molecule has 8 heteroatoms. The van der Waals surface area contributed by atoms with E-state index >= 15 is 0 Å². The van der Waals surface area contributed by atoms with Gasteiger partial charge >= 0.3 is 12.1 Å². The van der Waals surface area contributed by atoms with Gasteiger partial charge in [0.1, 0.15) is 17.5 Å². The fourth-order valence-corrected chi connectivity index (χ4v) is 2.29. The van der Waals surface area contributed by atoms with Crippen LogP contribution in [0.1, 0.15) is 20.8 Å². The lowest BCUT2D eigenvalue weighted by Crippen LogP contribution is -2.36. The average molecular weight is 386 g/mol. The number of pyridine rings is 1. The molecule has 0 spiro atoms. The number of hydrogen-bond acceptors (Lipinski definition) is 6. The molecule has 1 saturated heterocycles. The van der Waals surface area contributed by atoms with Gasteiger partial charge in [0.25, 0.3) is 0 Å². The minimum Gasteiger partial charge on any atom is -0.459 e. The van der Waals surface area contributed by atoms with Crippen LogP contribution in [0.25, 0.3) is 0 Å². The van der Waals surface area contributed by atoms with Crippen LogP contribution in [0.2, 0.25) is 0 Å². The quantitative estimate of drug-likeness (QED) is 0.781. The average Bonchev–Trinajstić information content (AvgIpc) is 2.79. The fraction of sp³-hybridized carbons (Fsp3) is 0.533. The molecule has 1 fully saturated rings. The molecule has 1 aromatic rings. The summed E-state index contributed by atoms with van der Waals surface area (Å²) in [6.07, 6.45) is 0.843. The minimum absolute atomic E-state index is 0.0713. The monoisotopic (exact) mass is 385 g/mol. The van der Waals surface area contributed by atoms with Crippen molar-refractivity contribution in [3.8, 4) is 0 Å². The fourth-order valence-electron chi connectivity index (χ4n) is 2.06. The van der Waals surface area contributed by atoms with Gasteiger partial charge in [0, 0.05) is 17.2 Å². The van der Waals surface area contributed by atoms with Crippen molar-refractivity contribution in [2.24, 2.45) is 0 Å². The van der Waals surface area contributed by atoms with Crippen LogP contribution < -0.4 is 10.2 Å². The number of esters is 1. The summed E-state index contributed by atoms with van der Waals surface area (Å²) in [7, 11) is 0. The SMILES string of the molecule is CC(C)(C)OC(=O)CNC[C@H]1CN(c2ccc(Br)cn2)C(=O)O1. The van der Waals surface area contributed by atoms with E-state index in [0.717, 1.165) is 4.47 Å². The van der Waals surface area contributed by atoms with Gasteiger partial charge < -0.3 is 14.8 Å². The molecule has 2 heterocycles. The highest BCUT2D eigenvalue weighted by Crippen LogP contribution is 2.20. The first-order valence-electron chi connectivity index (χ1n) is 7.27. The third-order valence-corrected chi connectivity index (χ3v) is 3.39. The molecule has 0 bridgehead atoms. The maximum Gasteiger partial charge on any atom is 0.415 e. The molecule has 1 aliphatic rings. The molecule has 0 saturated carbocycles. The number of rotatable bonds is 5. The Kier molecular flexibility index (Phi) is 5.59. The number of carbonyl (C=O) groups is 2. The second-order valence-electron chi connectivity index (χ2n) is 6.17. The van der Waals surface area contributed by atoms with E-state index in [1.807, 2.05) is 26.8 Å². The molecule has 1 atom stereocenters. The van der Waals surface area contributed by atoms with Gasteiger partial charge in [-0.15, -0.1) is 0 Å². The van der Waals surface area contributed by atoms with Crippen LogP contribution in [-0.2, 0) is 14.3 Å². The van der Waals surface area contributed by atoms with Gasteiger partial charge in [-0.1, -0.05) is 0 Å². The van der Waals surface area contributed by atoms with Crippen molar-refractivity contribution in [3.05, 3.63) is 22.8 Å². The van der Waals surface area contributed by atoms with Crippen molar-refractivity contribution in [1.82, 2.24) is 10.3 Å². The lowest BCUT2D eigenvalue weighted by Gasteiger charge is -2.19. The summed E-state index contributed by atoms with van der Waals surface area (Å²) in [5.41, 5.74) is -0.511. The van der Waals surface area contributed by atoms with Crippen LogP contribution in [0.4, 0.5) is 10.6 Å². The second-order valence-corrected chi connectivity index (χ2v) is 7.08. The van der Waals surface area contributed by atoms with Gasteiger partial charge in [-0.2, -0.15) is 0 Å². The highest BCUT2D eigenvalue weighted by Gasteiger charge is 2.33. The van der Waals surface area contributed by atoms with Crippen molar-refractivity contribution in [2.75, 3.05) is 24.5 Å². The van der Waals surface area contributed by atoms with E-state index in [0.29, 0.717) is 18.9 Å². The van der Waals surface area contributed by atoms with E-state index in [9.17, 15) is 9.59 Å². The Morgan fingerprint density at radius 2 is 2.26 bits per heavy atom. The van der Waals surface area contributed by atoms with E-state index in [4.69, 9.17) is 9.47 Å². The summed E-state index contributed by atoms with van der Waals surface area (Å²) < 4.78 is 11.3. The maximum atomic E-state index is 11.9. The van der Waals surface area contributed by atoms with Crippen LogP contribution in [0.3, 0.4) is 0 Å². The first kappa shape index (κ1) is 17.7. The topological polar surface area (TPSA) is 80.8 Å². The van der Waals surface area contributed by atoms with E-state index in [1.165, 1.54) is 4.90 Å². The van der Waals surface area contributed by atoms with Gasteiger partial charge in [0.05, 0.1) is 13.1 Å². The number of anilines is 1.